The number of carbonyl (C=O) groups excluding carboxylic acids is 1. The molecule has 26 heavy (non-hydrogen) atoms. The van der Waals surface area contributed by atoms with Gasteiger partial charge >= 0.3 is 0 Å². The Kier molecular flexibility index (Phi) is 5.67. The molecule has 7 nitrogen and oxygen atoms in total. The quantitative estimate of drug-likeness (QED) is 0.697. The number of likely N-dealkylation sites (N-methyl/N-ethyl adjacent to an activating group) is 1. The fourth-order valence-corrected chi connectivity index (χ4v) is 4.57. The predicted molar refractivity (Wildman–Crippen MR) is 101 cm³/mol. The molecule has 0 saturated heterocycles. The zero-order chi connectivity index (χ0) is 19.7. The summed E-state index contributed by atoms with van der Waals surface area (Å²) < 4.78 is 26.1. The molecule has 4 N–H and O–H groups in total. The summed E-state index contributed by atoms with van der Waals surface area (Å²) in [7, 11) is -2.64. The van der Waals surface area contributed by atoms with Crippen molar-refractivity contribution in [3.8, 4) is 0 Å². The number of nitrogens with zero attached hydrogens (tertiary/aromatic N) is 1. The number of hydrogen-bond acceptors (Lipinski definition) is 5. The standard InChI is InChI=1S/C18H27N3O4S/c1-5-18(19,6-2)11-12(3)20-17(23)15-16(22)13-9-7-8-10-14(13)26(24,25)21(15)4/h7-10,12,22H,5-6,11,19H2,1-4H3,(H,20,23). The summed E-state index contributed by atoms with van der Waals surface area (Å²) in [6.45, 7) is 5.79. The number of benzene rings is 1. The van der Waals surface area contributed by atoms with Gasteiger partial charge in [0.2, 0.25) is 0 Å². The van der Waals surface area contributed by atoms with Crippen molar-refractivity contribution in [2.45, 2.75) is 56.5 Å². The second-order valence-corrected chi connectivity index (χ2v) is 8.75. The third-order valence-electron chi connectivity index (χ3n) is 5.03. The molecule has 0 aromatic heterocycles. The Bertz CT molecular complexity index is 829. The lowest BCUT2D eigenvalue weighted by Gasteiger charge is -2.32. The first-order valence-corrected chi connectivity index (χ1v) is 10.1. The fraction of sp³-hybridized carbons (Fsp3) is 0.500. The Morgan fingerprint density at radius 1 is 1.31 bits per heavy atom. The van der Waals surface area contributed by atoms with Crippen LogP contribution in [0.5, 0.6) is 0 Å². The zero-order valence-corrected chi connectivity index (χ0v) is 16.4. The Morgan fingerprint density at radius 2 is 1.88 bits per heavy atom. The Morgan fingerprint density at radius 3 is 2.46 bits per heavy atom. The minimum atomic E-state index is -3.90. The topological polar surface area (TPSA) is 113 Å². The van der Waals surface area contributed by atoms with E-state index in [2.05, 4.69) is 5.32 Å². The SMILES string of the molecule is CCC(N)(CC)CC(C)NC(=O)C1=C(O)c2ccccc2S(=O)(=O)N1C. The van der Waals surface area contributed by atoms with Crippen LogP contribution >= 0.6 is 0 Å². The fourth-order valence-electron chi connectivity index (χ4n) is 3.17. The Hall–Kier alpha value is -2.06. The van der Waals surface area contributed by atoms with Crippen LogP contribution in [0.25, 0.3) is 5.76 Å². The largest absolute Gasteiger partial charge is 0.505 e. The van der Waals surface area contributed by atoms with Crippen molar-refractivity contribution in [2.24, 2.45) is 5.73 Å². The minimum absolute atomic E-state index is 0.0254. The van der Waals surface area contributed by atoms with Gasteiger partial charge in [-0.05, 0) is 38.3 Å². The highest BCUT2D eigenvalue weighted by Gasteiger charge is 2.38. The van der Waals surface area contributed by atoms with Gasteiger partial charge in [0.25, 0.3) is 15.9 Å². The highest BCUT2D eigenvalue weighted by Crippen LogP contribution is 2.34. The van der Waals surface area contributed by atoms with Crippen LogP contribution in [0.1, 0.15) is 45.6 Å². The van der Waals surface area contributed by atoms with Crippen LogP contribution < -0.4 is 11.1 Å². The lowest BCUT2D eigenvalue weighted by atomic mass is 9.87. The number of hydrogen-bond donors (Lipinski definition) is 3. The molecule has 144 valence electrons. The van der Waals surface area contributed by atoms with Crippen molar-refractivity contribution in [3.63, 3.8) is 0 Å². The third-order valence-corrected chi connectivity index (χ3v) is 6.85. The van der Waals surface area contributed by atoms with Crippen molar-refractivity contribution >= 4 is 21.7 Å². The molecule has 0 fully saturated rings. The smallest absolute Gasteiger partial charge is 0.272 e. The van der Waals surface area contributed by atoms with Gasteiger partial charge in [-0.15, -0.1) is 0 Å². The van der Waals surface area contributed by atoms with Crippen LogP contribution in [0, 0.1) is 0 Å². The summed E-state index contributed by atoms with van der Waals surface area (Å²) in [4.78, 5) is 12.7. The van der Waals surface area contributed by atoms with Crippen LogP contribution in [0.3, 0.4) is 0 Å². The number of carbonyl (C=O) groups is 1. The summed E-state index contributed by atoms with van der Waals surface area (Å²) in [5.41, 5.74) is 5.73. The van der Waals surface area contributed by atoms with Gasteiger partial charge in [0, 0.05) is 24.2 Å². The number of amides is 1. The van der Waals surface area contributed by atoms with Crippen LogP contribution in [-0.2, 0) is 14.8 Å². The Labute approximate surface area is 154 Å². The second kappa shape index (κ2) is 7.28. The van der Waals surface area contributed by atoms with Crippen molar-refractivity contribution in [2.75, 3.05) is 7.05 Å². The van der Waals surface area contributed by atoms with Crippen LogP contribution in [0.4, 0.5) is 0 Å². The summed E-state index contributed by atoms with van der Waals surface area (Å²) >= 11 is 0. The maximum absolute atomic E-state index is 12.7. The van der Waals surface area contributed by atoms with E-state index in [1.54, 1.807) is 12.1 Å². The average Bonchev–Trinajstić information content (AvgIpc) is 2.60. The number of fused-ring (bicyclic) bond motifs is 1. The number of aliphatic hydroxyl groups is 1. The van der Waals surface area contributed by atoms with Crippen molar-refractivity contribution in [1.29, 1.82) is 0 Å². The zero-order valence-electron chi connectivity index (χ0n) is 15.6. The first kappa shape index (κ1) is 20.3. The molecular weight excluding hydrogens is 354 g/mol. The minimum Gasteiger partial charge on any atom is -0.505 e. The second-order valence-electron chi connectivity index (χ2n) is 6.81. The summed E-state index contributed by atoms with van der Waals surface area (Å²) in [6.07, 6.45) is 2.07. The number of aliphatic hydroxyl groups excluding tert-OH is 1. The van der Waals surface area contributed by atoms with Gasteiger partial charge in [0.1, 0.15) is 0 Å². The van der Waals surface area contributed by atoms with Crippen molar-refractivity contribution in [1.82, 2.24) is 9.62 Å². The van der Waals surface area contributed by atoms with Gasteiger partial charge < -0.3 is 16.2 Å². The number of sulfonamides is 1. The molecule has 1 aliphatic rings. The van der Waals surface area contributed by atoms with Gasteiger partial charge in [0.05, 0.1) is 4.90 Å². The van der Waals surface area contributed by atoms with Gasteiger partial charge in [-0.3, -0.25) is 9.10 Å². The van der Waals surface area contributed by atoms with Crippen LogP contribution in [0.2, 0.25) is 0 Å². The Balaban J connectivity index is 2.34. The van der Waals surface area contributed by atoms with Gasteiger partial charge in [-0.25, -0.2) is 8.42 Å². The maximum atomic E-state index is 12.7. The van der Waals surface area contributed by atoms with E-state index < -0.39 is 21.5 Å². The first-order chi connectivity index (χ1) is 12.1. The molecule has 2 rings (SSSR count). The third kappa shape index (κ3) is 3.57. The summed E-state index contributed by atoms with van der Waals surface area (Å²) in [5.74, 6) is -1.00. The molecule has 1 unspecified atom stereocenters. The summed E-state index contributed by atoms with van der Waals surface area (Å²) in [6, 6.07) is 5.78. The lowest BCUT2D eigenvalue weighted by Crippen LogP contribution is -2.48. The van der Waals surface area contributed by atoms with Crippen LogP contribution in [0.15, 0.2) is 34.9 Å². The molecule has 1 atom stereocenters. The lowest BCUT2D eigenvalue weighted by molar-refractivity contribution is -0.119. The molecule has 1 aromatic carbocycles. The molecular formula is C18H27N3O4S. The molecule has 1 amide bonds. The normalized spacial score (nSPS) is 17.7. The van der Waals surface area contributed by atoms with E-state index in [9.17, 15) is 18.3 Å². The first-order valence-electron chi connectivity index (χ1n) is 8.68. The monoisotopic (exact) mass is 381 g/mol. The van der Waals surface area contributed by atoms with E-state index in [1.165, 1.54) is 19.2 Å². The molecule has 0 spiro atoms. The molecule has 8 heteroatoms. The predicted octanol–water partition coefficient (Wildman–Crippen LogP) is 1.96. The highest BCUT2D eigenvalue weighted by molar-refractivity contribution is 7.89. The molecule has 0 aliphatic carbocycles. The maximum Gasteiger partial charge on any atom is 0.272 e. The molecule has 0 radical (unpaired) electrons. The molecule has 0 bridgehead atoms. The molecule has 1 aliphatic heterocycles. The highest BCUT2D eigenvalue weighted by atomic mass is 32.2. The van der Waals surface area contributed by atoms with E-state index in [0.717, 1.165) is 17.1 Å². The van der Waals surface area contributed by atoms with Gasteiger partial charge in [0.15, 0.2) is 11.5 Å². The van der Waals surface area contributed by atoms with Gasteiger partial charge in [-0.1, -0.05) is 26.0 Å². The molecule has 1 heterocycles. The number of rotatable bonds is 6. The van der Waals surface area contributed by atoms with E-state index in [1.807, 2.05) is 20.8 Å². The van der Waals surface area contributed by atoms with Crippen molar-refractivity contribution in [3.05, 3.63) is 35.5 Å². The number of nitrogens with one attached hydrogen (secondary N) is 1. The van der Waals surface area contributed by atoms with E-state index in [0.29, 0.717) is 6.42 Å². The van der Waals surface area contributed by atoms with Gasteiger partial charge in [-0.2, -0.15) is 0 Å². The van der Waals surface area contributed by atoms with E-state index in [4.69, 9.17) is 5.73 Å². The van der Waals surface area contributed by atoms with E-state index in [-0.39, 0.29) is 28.0 Å². The van der Waals surface area contributed by atoms with Crippen molar-refractivity contribution < 1.29 is 18.3 Å². The van der Waals surface area contributed by atoms with E-state index >= 15 is 0 Å². The number of nitrogens with two attached hydrogens (primary N) is 1. The molecule has 0 saturated carbocycles. The molecule has 1 aromatic rings. The average molecular weight is 381 g/mol. The summed E-state index contributed by atoms with van der Waals surface area (Å²) in [5, 5.41) is 13.3. The van der Waals surface area contributed by atoms with Crippen LogP contribution in [-0.4, -0.2) is 42.4 Å².